The summed E-state index contributed by atoms with van der Waals surface area (Å²) in [5.74, 6) is -4.66. The maximum Gasteiger partial charge on any atom is 0.471 e. The van der Waals surface area contributed by atoms with E-state index in [9.17, 15) is 35.9 Å². The van der Waals surface area contributed by atoms with Crippen molar-refractivity contribution in [1.29, 1.82) is 0 Å². The van der Waals surface area contributed by atoms with Crippen LogP contribution in [-0.4, -0.2) is 46.3 Å². The summed E-state index contributed by atoms with van der Waals surface area (Å²) in [4.78, 5) is 21.2. The van der Waals surface area contributed by atoms with Gasteiger partial charge >= 0.3 is 24.2 Å². The van der Waals surface area contributed by atoms with Crippen LogP contribution in [0.3, 0.4) is 0 Å². The van der Waals surface area contributed by atoms with Crippen molar-refractivity contribution in [2.24, 2.45) is 0 Å². The molecule has 19 heavy (non-hydrogen) atoms. The first-order valence-corrected chi connectivity index (χ1v) is 5.15. The third-order valence-corrected chi connectivity index (χ3v) is 2.77. The molecule has 0 unspecified atom stereocenters. The SMILES string of the molecule is O=C(O)[C@H]1CCC[C@@H](C(F)(F)F)N1C(=O)C(F)(F)F. The van der Waals surface area contributed by atoms with Crippen molar-refractivity contribution in [2.45, 2.75) is 43.7 Å². The first kappa shape index (κ1) is 15.6. The van der Waals surface area contributed by atoms with Gasteiger partial charge in [0, 0.05) is 0 Å². The first-order valence-electron chi connectivity index (χ1n) is 5.15. The lowest BCUT2D eigenvalue weighted by molar-refractivity contribution is -0.226. The highest BCUT2D eigenvalue weighted by Gasteiger charge is 2.56. The Morgan fingerprint density at radius 2 is 1.58 bits per heavy atom. The number of carbonyl (C=O) groups is 2. The number of alkyl halides is 6. The van der Waals surface area contributed by atoms with Crippen molar-refractivity contribution in [2.75, 3.05) is 0 Å². The molecule has 110 valence electrons. The highest BCUT2D eigenvalue weighted by molar-refractivity contribution is 5.87. The Bertz CT molecular complexity index is 377. The van der Waals surface area contributed by atoms with Gasteiger partial charge < -0.3 is 10.0 Å². The van der Waals surface area contributed by atoms with Crippen LogP contribution in [0.5, 0.6) is 0 Å². The molecule has 0 aromatic rings. The third kappa shape index (κ3) is 3.29. The van der Waals surface area contributed by atoms with Crippen LogP contribution in [0.15, 0.2) is 0 Å². The summed E-state index contributed by atoms with van der Waals surface area (Å²) in [6.45, 7) is 0. The fraction of sp³-hybridized carbons (Fsp3) is 0.778. The molecular formula is C9H9F6NO3. The Morgan fingerprint density at radius 3 is 1.95 bits per heavy atom. The van der Waals surface area contributed by atoms with Gasteiger partial charge in [-0.25, -0.2) is 4.79 Å². The number of piperidine rings is 1. The Labute approximate surface area is 103 Å². The Balaban J connectivity index is 3.18. The largest absolute Gasteiger partial charge is 0.480 e. The highest BCUT2D eigenvalue weighted by Crippen LogP contribution is 2.37. The Morgan fingerprint density at radius 1 is 1.05 bits per heavy atom. The lowest BCUT2D eigenvalue weighted by Crippen LogP contribution is -2.61. The molecule has 1 amide bonds. The molecule has 1 heterocycles. The summed E-state index contributed by atoms with van der Waals surface area (Å²) in [6, 6.07) is -4.84. The second-order valence-corrected chi connectivity index (χ2v) is 4.05. The van der Waals surface area contributed by atoms with Crippen molar-refractivity contribution in [3.05, 3.63) is 0 Å². The number of hydrogen-bond acceptors (Lipinski definition) is 2. The number of likely N-dealkylation sites (tertiary alicyclic amines) is 1. The maximum atomic E-state index is 12.6. The minimum atomic E-state index is -5.55. The van der Waals surface area contributed by atoms with E-state index in [0.717, 1.165) is 0 Å². The quantitative estimate of drug-likeness (QED) is 0.752. The number of amides is 1. The zero-order valence-corrected chi connectivity index (χ0v) is 9.25. The van der Waals surface area contributed by atoms with E-state index in [1.165, 1.54) is 0 Å². The smallest absolute Gasteiger partial charge is 0.471 e. The molecule has 0 saturated carbocycles. The van der Waals surface area contributed by atoms with Crippen LogP contribution >= 0.6 is 0 Å². The monoisotopic (exact) mass is 293 g/mol. The van der Waals surface area contributed by atoms with Crippen molar-refractivity contribution in [3.8, 4) is 0 Å². The van der Waals surface area contributed by atoms with Crippen molar-refractivity contribution < 1.29 is 41.0 Å². The predicted octanol–water partition coefficient (Wildman–Crippen LogP) is 1.95. The summed E-state index contributed by atoms with van der Waals surface area (Å²) in [5, 5.41) is 8.68. The number of rotatable bonds is 1. The van der Waals surface area contributed by atoms with E-state index in [1.54, 1.807) is 0 Å². The number of carboxylic acids is 1. The molecule has 4 nitrogen and oxygen atoms in total. The molecule has 1 rings (SSSR count). The van der Waals surface area contributed by atoms with Gasteiger partial charge in [0.15, 0.2) is 0 Å². The molecule has 1 fully saturated rings. The van der Waals surface area contributed by atoms with Crippen LogP contribution in [0.25, 0.3) is 0 Å². The lowest BCUT2D eigenvalue weighted by atomic mass is 9.94. The van der Waals surface area contributed by atoms with Gasteiger partial charge in [0.05, 0.1) is 0 Å². The van der Waals surface area contributed by atoms with Crippen LogP contribution < -0.4 is 0 Å². The molecule has 0 radical (unpaired) electrons. The third-order valence-electron chi connectivity index (χ3n) is 2.77. The molecule has 0 spiro atoms. The number of aliphatic carboxylic acids is 1. The second kappa shape index (κ2) is 4.89. The number of carboxylic acid groups (broad SMARTS) is 1. The van der Waals surface area contributed by atoms with Gasteiger partial charge in [0.25, 0.3) is 0 Å². The number of hydrogen-bond donors (Lipinski definition) is 1. The van der Waals surface area contributed by atoms with Gasteiger partial charge in [-0.2, -0.15) is 26.3 Å². The van der Waals surface area contributed by atoms with E-state index in [1.807, 2.05) is 0 Å². The highest BCUT2D eigenvalue weighted by atomic mass is 19.4. The van der Waals surface area contributed by atoms with Gasteiger partial charge in [0.2, 0.25) is 0 Å². The summed E-state index contributed by atoms with van der Waals surface area (Å²) in [6.07, 6.45) is -12.1. The van der Waals surface area contributed by atoms with Crippen LogP contribution in [0.2, 0.25) is 0 Å². The first-order chi connectivity index (χ1) is 8.46. The van der Waals surface area contributed by atoms with Gasteiger partial charge in [-0.15, -0.1) is 0 Å². The molecule has 0 bridgehead atoms. The van der Waals surface area contributed by atoms with Gasteiger partial charge in [-0.3, -0.25) is 4.79 Å². The molecule has 1 aliphatic rings. The standard InChI is InChI=1S/C9H9F6NO3/c10-8(11,12)5-3-1-2-4(6(17)18)16(5)7(19)9(13,14)15/h4-5H,1-3H2,(H,17,18)/t4-,5+/m1/s1. The van der Waals surface area contributed by atoms with Crippen LogP contribution in [0.4, 0.5) is 26.3 Å². The normalized spacial score (nSPS) is 25.3. The summed E-state index contributed by atoms with van der Waals surface area (Å²) < 4.78 is 74.7. The maximum absolute atomic E-state index is 12.6. The molecule has 10 heteroatoms. The lowest BCUT2D eigenvalue weighted by Gasteiger charge is -2.40. The fourth-order valence-corrected chi connectivity index (χ4v) is 1.99. The second-order valence-electron chi connectivity index (χ2n) is 4.05. The minimum absolute atomic E-state index is 0.219. The van der Waals surface area contributed by atoms with E-state index >= 15 is 0 Å². The van der Waals surface area contributed by atoms with Gasteiger partial charge in [-0.05, 0) is 19.3 Å². The summed E-state index contributed by atoms with van der Waals surface area (Å²) >= 11 is 0. The van der Waals surface area contributed by atoms with Crippen molar-refractivity contribution >= 4 is 11.9 Å². The molecule has 2 atom stereocenters. The predicted molar refractivity (Wildman–Crippen MR) is 48.0 cm³/mol. The Hall–Kier alpha value is -1.48. The molecule has 0 aromatic carbocycles. The van der Waals surface area contributed by atoms with Crippen molar-refractivity contribution in [3.63, 3.8) is 0 Å². The van der Waals surface area contributed by atoms with E-state index in [-0.39, 0.29) is 6.42 Å². The zero-order chi connectivity index (χ0) is 15.0. The molecule has 0 aromatic heterocycles. The molecule has 1 aliphatic heterocycles. The zero-order valence-electron chi connectivity index (χ0n) is 9.25. The van der Waals surface area contributed by atoms with E-state index in [4.69, 9.17) is 5.11 Å². The molecule has 1 saturated heterocycles. The summed E-state index contributed by atoms with van der Waals surface area (Å²) in [5.41, 5.74) is 0. The molecule has 0 aliphatic carbocycles. The van der Waals surface area contributed by atoms with Gasteiger partial charge in [0.1, 0.15) is 12.1 Å². The minimum Gasteiger partial charge on any atom is -0.480 e. The number of nitrogens with zero attached hydrogens (tertiary/aromatic N) is 1. The average molecular weight is 293 g/mol. The van der Waals surface area contributed by atoms with Gasteiger partial charge in [-0.1, -0.05) is 0 Å². The topological polar surface area (TPSA) is 57.6 Å². The van der Waals surface area contributed by atoms with Crippen molar-refractivity contribution in [1.82, 2.24) is 4.90 Å². The average Bonchev–Trinajstić information content (AvgIpc) is 2.24. The van der Waals surface area contributed by atoms with Crippen LogP contribution in [0, 0.1) is 0 Å². The van der Waals surface area contributed by atoms with E-state index in [0.29, 0.717) is 0 Å². The van der Waals surface area contributed by atoms with Crippen LogP contribution in [-0.2, 0) is 9.59 Å². The van der Waals surface area contributed by atoms with E-state index in [2.05, 4.69) is 0 Å². The Kier molecular flexibility index (Phi) is 4.01. The molecule has 1 N–H and O–H groups in total. The van der Waals surface area contributed by atoms with E-state index < -0.39 is 54.1 Å². The number of carbonyl (C=O) groups excluding carboxylic acids is 1. The molecular weight excluding hydrogens is 284 g/mol. The fourth-order valence-electron chi connectivity index (χ4n) is 1.99. The number of halogens is 6. The summed E-state index contributed by atoms with van der Waals surface area (Å²) in [7, 11) is 0. The van der Waals surface area contributed by atoms with Crippen LogP contribution in [0.1, 0.15) is 19.3 Å².